The predicted molar refractivity (Wildman–Crippen MR) is 388 cm³/mol. The summed E-state index contributed by atoms with van der Waals surface area (Å²) < 4.78 is 4.76. The molecule has 0 aliphatic rings. The fraction of sp³-hybridized carbons (Fsp3) is 0. The van der Waals surface area contributed by atoms with Gasteiger partial charge < -0.3 is 9.13 Å². The molecule has 19 aromatic rings. The molecule has 438 valence electrons. The van der Waals surface area contributed by atoms with Crippen LogP contribution in [0.2, 0.25) is 0 Å². The number of fused-ring (bicyclic) bond motifs is 11. The summed E-state index contributed by atoms with van der Waals surface area (Å²) in [7, 11) is 0. The molecule has 0 spiro atoms. The van der Waals surface area contributed by atoms with Crippen molar-refractivity contribution in [3.05, 3.63) is 328 Å². The first kappa shape index (κ1) is 54.2. The molecule has 0 fully saturated rings. The highest BCUT2D eigenvalue weighted by molar-refractivity contribution is 6.13. The molecule has 0 bridgehead atoms. The number of para-hydroxylation sites is 4. The van der Waals surface area contributed by atoms with Gasteiger partial charge in [-0.3, -0.25) is 0 Å². The summed E-state index contributed by atoms with van der Waals surface area (Å²) >= 11 is 0. The van der Waals surface area contributed by atoms with E-state index in [-0.39, 0.29) is 0 Å². The molecule has 0 unspecified atom stereocenters. The first-order valence-corrected chi connectivity index (χ1v) is 31.7. The Labute approximate surface area is 540 Å². The first-order chi connectivity index (χ1) is 46.6. The Morgan fingerprint density at radius 1 is 0.170 bits per heavy atom. The number of aromatic nitrogens is 8. The minimum absolute atomic E-state index is 0.645. The minimum Gasteiger partial charge on any atom is -0.309 e. The Bertz CT molecular complexity index is 6000. The van der Waals surface area contributed by atoms with Crippen LogP contribution in [0.15, 0.2) is 328 Å². The molecule has 0 aliphatic heterocycles. The summed E-state index contributed by atoms with van der Waals surface area (Å²) in [5.41, 5.74) is 12.7. The average Bonchev–Trinajstić information content (AvgIpc) is 1.56. The van der Waals surface area contributed by atoms with Crippen molar-refractivity contribution in [3.8, 4) is 79.7 Å². The molecule has 0 atom stereocenters. The summed E-state index contributed by atoms with van der Waals surface area (Å²) in [5.74, 6) is 3.90. The summed E-state index contributed by atoms with van der Waals surface area (Å²) in [6.45, 7) is 0. The standard InChI is InChI=1S/C45H28N4.C41H26N4/c1-3-13-31-27-33(23-21-29(31)11-1)43-46-44(34-24-22-30-12-2-4-14-32(30)28-34)48-45(47-43)39-25-26-42(36-16-6-5-15-35(36)39)49-40-19-9-7-17-37(40)38-18-8-10-20-41(38)49;1-2-13-28(14-3-1)39-42-40(30-23-22-27-12-4-5-15-29(27)26-30)44-41(43-39)35-24-25-38(32-17-7-6-16-31(32)35)45-36-20-10-8-18-33(36)34-19-9-11-21-37(34)45/h1-28H;1-26H. The van der Waals surface area contributed by atoms with Crippen molar-refractivity contribution < 1.29 is 0 Å². The molecule has 4 aromatic heterocycles. The van der Waals surface area contributed by atoms with Gasteiger partial charge in [0.05, 0.1) is 33.4 Å². The largest absolute Gasteiger partial charge is 0.309 e. The lowest BCUT2D eigenvalue weighted by molar-refractivity contribution is 1.08. The van der Waals surface area contributed by atoms with Crippen LogP contribution in [0, 0.1) is 0 Å². The Morgan fingerprint density at radius 2 is 0.436 bits per heavy atom. The molecular formula is C86H54N8. The van der Waals surface area contributed by atoms with Gasteiger partial charge in [-0.05, 0) is 110 Å². The van der Waals surface area contributed by atoms with Crippen LogP contribution in [0.25, 0.3) is 177 Å². The highest BCUT2D eigenvalue weighted by Gasteiger charge is 2.22. The van der Waals surface area contributed by atoms with E-state index in [0.29, 0.717) is 34.9 Å². The van der Waals surface area contributed by atoms with Gasteiger partial charge in [0.2, 0.25) is 0 Å². The monoisotopic (exact) mass is 1200 g/mol. The summed E-state index contributed by atoms with van der Waals surface area (Å²) in [6.07, 6.45) is 0. The zero-order valence-corrected chi connectivity index (χ0v) is 50.8. The van der Waals surface area contributed by atoms with Crippen LogP contribution in [0.1, 0.15) is 0 Å². The molecule has 0 saturated heterocycles. The maximum absolute atomic E-state index is 5.18. The Morgan fingerprint density at radius 3 is 0.787 bits per heavy atom. The molecular weight excluding hydrogens is 1150 g/mol. The maximum atomic E-state index is 5.18. The van der Waals surface area contributed by atoms with Crippen molar-refractivity contribution in [2.45, 2.75) is 0 Å². The average molecular weight is 1200 g/mol. The van der Waals surface area contributed by atoms with Crippen LogP contribution in [0.3, 0.4) is 0 Å². The van der Waals surface area contributed by atoms with E-state index in [2.05, 4.69) is 306 Å². The number of nitrogens with zero attached hydrogens (tertiary/aromatic N) is 8. The van der Waals surface area contributed by atoms with Crippen LogP contribution < -0.4 is 0 Å². The van der Waals surface area contributed by atoms with Crippen LogP contribution in [0.4, 0.5) is 0 Å². The Hall–Kier alpha value is -12.8. The van der Waals surface area contributed by atoms with Gasteiger partial charge in [-0.1, -0.05) is 261 Å². The van der Waals surface area contributed by atoms with Crippen LogP contribution in [-0.2, 0) is 0 Å². The number of benzene rings is 15. The van der Waals surface area contributed by atoms with Crippen molar-refractivity contribution in [2.75, 3.05) is 0 Å². The van der Waals surface area contributed by atoms with Gasteiger partial charge in [0.15, 0.2) is 34.9 Å². The normalized spacial score (nSPS) is 11.6. The molecule has 8 nitrogen and oxygen atoms in total. The van der Waals surface area contributed by atoms with Gasteiger partial charge in [0, 0.05) is 65.7 Å². The van der Waals surface area contributed by atoms with Crippen molar-refractivity contribution >= 4 is 97.5 Å². The van der Waals surface area contributed by atoms with E-state index >= 15 is 0 Å². The first-order valence-electron chi connectivity index (χ1n) is 31.7. The summed E-state index contributed by atoms with van der Waals surface area (Å²) in [4.78, 5) is 30.6. The summed E-state index contributed by atoms with van der Waals surface area (Å²) in [6, 6.07) is 115. The molecule has 0 N–H and O–H groups in total. The van der Waals surface area contributed by atoms with Crippen LogP contribution in [0.5, 0.6) is 0 Å². The number of hydrogen-bond acceptors (Lipinski definition) is 6. The second-order valence-corrected chi connectivity index (χ2v) is 23.8. The SMILES string of the molecule is c1ccc(-c2nc(-c3ccc4ccccc4c3)nc(-c3ccc(-n4c5ccccc5c5ccccc54)c4ccccc34)n2)cc1.c1ccc2cc(-c3nc(-c4ccc5ccccc5c4)nc(-c4ccc(-n5c6ccccc6c6ccccc65)c5ccccc45)n3)ccc2c1. The van der Waals surface area contributed by atoms with E-state index in [9.17, 15) is 0 Å². The van der Waals surface area contributed by atoms with Gasteiger partial charge >= 0.3 is 0 Å². The maximum Gasteiger partial charge on any atom is 0.164 e. The quantitative estimate of drug-likeness (QED) is 0.151. The topological polar surface area (TPSA) is 87.2 Å². The second-order valence-electron chi connectivity index (χ2n) is 23.8. The second kappa shape index (κ2) is 22.6. The molecule has 4 heterocycles. The molecule has 0 saturated carbocycles. The molecule has 0 aliphatic carbocycles. The highest BCUT2D eigenvalue weighted by Crippen LogP contribution is 2.41. The third-order valence-corrected chi connectivity index (χ3v) is 18.3. The third-order valence-electron chi connectivity index (χ3n) is 18.3. The van der Waals surface area contributed by atoms with Crippen molar-refractivity contribution in [1.82, 2.24) is 39.0 Å². The van der Waals surface area contributed by atoms with Gasteiger partial charge in [-0.25, -0.2) is 29.9 Å². The van der Waals surface area contributed by atoms with E-state index in [0.717, 1.165) is 82.5 Å². The van der Waals surface area contributed by atoms with E-state index in [1.54, 1.807) is 0 Å². The number of rotatable bonds is 8. The zero-order valence-electron chi connectivity index (χ0n) is 50.8. The summed E-state index contributed by atoms with van der Waals surface area (Å²) in [5, 5.41) is 16.4. The third kappa shape index (κ3) is 9.39. The molecule has 15 aromatic carbocycles. The van der Waals surface area contributed by atoms with E-state index in [1.165, 1.54) is 59.8 Å². The lowest BCUT2D eigenvalue weighted by Crippen LogP contribution is -2.02. The zero-order chi connectivity index (χ0) is 62.1. The molecule has 94 heavy (non-hydrogen) atoms. The Balaban J connectivity index is 0.000000138. The van der Waals surface area contributed by atoms with Gasteiger partial charge in [0.25, 0.3) is 0 Å². The predicted octanol–water partition coefficient (Wildman–Crippen LogP) is 21.7. The van der Waals surface area contributed by atoms with Crippen LogP contribution in [-0.4, -0.2) is 39.0 Å². The van der Waals surface area contributed by atoms with E-state index < -0.39 is 0 Å². The van der Waals surface area contributed by atoms with Crippen molar-refractivity contribution in [3.63, 3.8) is 0 Å². The lowest BCUT2D eigenvalue weighted by Gasteiger charge is -2.15. The fourth-order valence-corrected chi connectivity index (χ4v) is 13.8. The molecule has 0 radical (unpaired) electrons. The van der Waals surface area contributed by atoms with Crippen LogP contribution >= 0.6 is 0 Å². The highest BCUT2D eigenvalue weighted by atomic mass is 15.0. The van der Waals surface area contributed by atoms with Gasteiger partial charge in [-0.15, -0.1) is 0 Å². The van der Waals surface area contributed by atoms with Crippen molar-refractivity contribution in [1.29, 1.82) is 0 Å². The molecule has 19 rings (SSSR count). The lowest BCUT2D eigenvalue weighted by atomic mass is 10.0. The van der Waals surface area contributed by atoms with Gasteiger partial charge in [-0.2, -0.15) is 0 Å². The smallest absolute Gasteiger partial charge is 0.164 e. The van der Waals surface area contributed by atoms with Crippen molar-refractivity contribution in [2.24, 2.45) is 0 Å². The number of hydrogen-bond donors (Lipinski definition) is 0. The van der Waals surface area contributed by atoms with Gasteiger partial charge in [0.1, 0.15) is 0 Å². The van der Waals surface area contributed by atoms with E-state index in [4.69, 9.17) is 29.9 Å². The Kier molecular flexibility index (Phi) is 13.0. The minimum atomic E-state index is 0.645. The molecule has 8 heteroatoms. The molecule has 0 amide bonds. The fourth-order valence-electron chi connectivity index (χ4n) is 13.8. The van der Waals surface area contributed by atoms with E-state index in [1.807, 2.05) is 30.3 Å².